The van der Waals surface area contributed by atoms with Gasteiger partial charge in [-0.15, -0.1) is 0 Å². The average Bonchev–Trinajstić information content (AvgIpc) is 2.69. The van der Waals surface area contributed by atoms with Crippen molar-refractivity contribution in [3.63, 3.8) is 0 Å². The molecule has 2 aromatic carbocycles. The van der Waals surface area contributed by atoms with Crippen molar-refractivity contribution in [1.29, 1.82) is 0 Å². The summed E-state index contributed by atoms with van der Waals surface area (Å²) in [5.41, 5.74) is 3.60. The first-order valence-electron chi connectivity index (χ1n) is 9.61. The highest BCUT2D eigenvalue weighted by molar-refractivity contribution is 5.96. The largest absolute Gasteiger partial charge is 0.504 e. The number of phenolic OH excluding ortho intramolecular Hbond substituents is 1. The number of aryl methyl sites for hydroxylation is 1. The number of benzene rings is 2. The van der Waals surface area contributed by atoms with Crippen LogP contribution < -0.4 is 15.0 Å². The molecule has 2 N–H and O–H groups in total. The summed E-state index contributed by atoms with van der Waals surface area (Å²) in [6.45, 7) is 7.85. The van der Waals surface area contributed by atoms with Gasteiger partial charge in [0.2, 0.25) is 0 Å². The summed E-state index contributed by atoms with van der Waals surface area (Å²) in [5, 5.41) is 12.8. The lowest BCUT2D eigenvalue weighted by Crippen LogP contribution is -2.44. The fourth-order valence-electron chi connectivity index (χ4n) is 3.44. The van der Waals surface area contributed by atoms with Gasteiger partial charge in [-0.05, 0) is 56.3 Å². The number of amides is 1. The van der Waals surface area contributed by atoms with E-state index in [1.165, 1.54) is 7.11 Å². The van der Waals surface area contributed by atoms with E-state index in [4.69, 9.17) is 4.74 Å². The molecular formula is C22H29N3O3. The van der Waals surface area contributed by atoms with Gasteiger partial charge in [-0.25, -0.2) is 0 Å². The normalized spacial score (nSPS) is 15.9. The topological polar surface area (TPSA) is 65.0 Å². The van der Waals surface area contributed by atoms with Gasteiger partial charge in [0, 0.05) is 37.4 Å². The predicted octanol–water partition coefficient (Wildman–Crippen LogP) is 2.95. The van der Waals surface area contributed by atoms with Crippen LogP contribution >= 0.6 is 0 Å². The maximum absolute atomic E-state index is 12.9. The molecule has 1 saturated heterocycles. The Balaban J connectivity index is 1.75. The van der Waals surface area contributed by atoms with Gasteiger partial charge >= 0.3 is 0 Å². The predicted molar refractivity (Wildman–Crippen MR) is 111 cm³/mol. The monoisotopic (exact) mass is 383 g/mol. The first-order valence-corrected chi connectivity index (χ1v) is 9.61. The number of ether oxygens (including phenoxy) is 1. The summed E-state index contributed by atoms with van der Waals surface area (Å²) >= 11 is 0. The van der Waals surface area contributed by atoms with E-state index in [-0.39, 0.29) is 17.7 Å². The number of likely N-dealkylation sites (N-methyl/N-ethyl adjacent to an activating group) is 1. The summed E-state index contributed by atoms with van der Waals surface area (Å²) < 4.78 is 5.16. The molecule has 0 radical (unpaired) electrons. The number of nitrogens with one attached hydrogen (secondary N) is 1. The Morgan fingerprint density at radius 2 is 1.86 bits per heavy atom. The van der Waals surface area contributed by atoms with Crippen LogP contribution in [0.3, 0.4) is 0 Å². The van der Waals surface area contributed by atoms with Crippen LogP contribution in [0.15, 0.2) is 36.4 Å². The van der Waals surface area contributed by atoms with Gasteiger partial charge in [0.15, 0.2) is 11.5 Å². The highest BCUT2D eigenvalue weighted by Gasteiger charge is 2.19. The molecule has 3 rings (SSSR count). The van der Waals surface area contributed by atoms with Crippen molar-refractivity contribution >= 4 is 11.6 Å². The summed E-state index contributed by atoms with van der Waals surface area (Å²) in [7, 11) is 3.64. The van der Waals surface area contributed by atoms with Crippen LogP contribution in [0.4, 0.5) is 5.69 Å². The van der Waals surface area contributed by atoms with E-state index in [1.807, 2.05) is 26.0 Å². The SMILES string of the molecule is COc1cc(C(C)NC(=O)c2cc(N3CCN(C)CC3)ccc2C)ccc1O. The Bertz CT molecular complexity index is 845. The highest BCUT2D eigenvalue weighted by atomic mass is 16.5. The summed E-state index contributed by atoms with van der Waals surface area (Å²) in [6, 6.07) is 11.0. The second-order valence-electron chi connectivity index (χ2n) is 7.42. The van der Waals surface area contributed by atoms with Crippen LogP contribution in [-0.4, -0.2) is 56.3 Å². The van der Waals surface area contributed by atoms with Crippen LogP contribution in [0.1, 0.15) is 34.5 Å². The number of hydrogen-bond donors (Lipinski definition) is 2. The highest BCUT2D eigenvalue weighted by Crippen LogP contribution is 2.29. The molecule has 2 aromatic rings. The van der Waals surface area contributed by atoms with Crippen molar-refractivity contribution in [3.05, 3.63) is 53.1 Å². The Morgan fingerprint density at radius 1 is 1.14 bits per heavy atom. The fraction of sp³-hybridized carbons (Fsp3) is 0.409. The van der Waals surface area contributed by atoms with Gasteiger partial charge < -0.3 is 25.0 Å². The maximum Gasteiger partial charge on any atom is 0.252 e. The molecule has 1 atom stereocenters. The molecule has 1 heterocycles. The van der Waals surface area contributed by atoms with Crippen molar-refractivity contribution in [2.45, 2.75) is 19.9 Å². The number of phenols is 1. The number of piperazine rings is 1. The molecule has 0 bridgehead atoms. The smallest absolute Gasteiger partial charge is 0.252 e. The molecule has 0 aromatic heterocycles. The van der Waals surface area contributed by atoms with Crippen molar-refractivity contribution in [3.8, 4) is 11.5 Å². The molecule has 0 spiro atoms. The van der Waals surface area contributed by atoms with E-state index in [0.717, 1.165) is 43.0 Å². The van der Waals surface area contributed by atoms with E-state index >= 15 is 0 Å². The molecule has 28 heavy (non-hydrogen) atoms. The van der Waals surface area contributed by atoms with E-state index in [9.17, 15) is 9.90 Å². The summed E-state index contributed by atoms with van der Waals surface area (Å²) in [6.07, 6.45) is 0. The van der Waals surface area contributed by atoms with Crippen LogP contribution in [0, 0.1) is 6.92 Å². The number of carbonyl (C=O) groups excluding carboxylic acids is 1. The molecule has 1 amide bonds. The minimum atomic E-state index is -0.214. The third-order valence-corrected chi connectivity index (χ3v) is 5.39. The number of rotatable bonds is 5. The van der Waals surface area contributed by atoms with Gasteiger partial charge in [-0.1, -0.05) is 12.1 Å². The number of nitrogens with zero attached hydrogens (tertiary/aromatic N) is 2. The number of methoxy groups -OCH3 is 1. The second kappa shape index (κ2) is 8.52. The van der Waals surface area contributed by atoms with Gasteiger partial charge in [0.25, 0.3) is 5.91 Å². The average molecular weight is 383 g/mol. The molecule has 1 aliphatic heterocycles. The van der Waals surface area contributed by atoms with Crippen molar-refractivity contribution < 1.29 is 14.6 Å². The zero-order valence-electron chi connectivity index (χ0n) is 17.0. The van der Waals surface area contributed by atoms with Gasteiger partial charge in [0.05, 0.1) is 13.2 Å². The van der Waals surface area contributed by atoms with Gasteiger partial charge in [-0.2, -0.15) is 0 Å². The van der Waals surface area contributed by atoms with Crippen LogP contribution in [-0.2, 0) is 0 Å². The van der Waals surface area contributed by atoms with Crippen LogP contribution in [0.2, 0.25) is 0 Å². The first kappa shape index (κ1) is 20.0. The zero-order chi connectivity index (χ0) is 20.3. The maximum atomic E-state index is 12.9. The van der Waals surface area contributed by atoms with Crippen molar-refractivity contribution in [2.75, 3.05) is 45.2 Å². The van der Waals surface area contributed by atoms with E-state index < -0.39 is 0 Å². The first-order chi connectivity index (χ1) is 13.4. The van der Waals surface area contributed by atoms with E-state index in [1.54, 1.807) is 18.2 Å². The van der Waals surface area contributed by atoms with Crippen molar-refractivity contribution in [2.24, 2.45) is 0 Å². The third kappa shape index (κ3) is 4.39. The van der Waals surface area contributed by atoms with Gasteiger partial charge in [0.1, 0.15) is 0 Å². The number of anilines is 1. The van der Waals surface area contributed by atoms with Crippen molar-refractivity contribution in [1.82, 2.24) is 10.2 Å². The number of aromatic hydroxyl groups is 1. The molecule has 0 saturated carbocycles. The van der Waals surface area contributed by atoms with E-state index in [0.29, 0.717) is 11.3 Å². The molecule has 1 aliphatic rings. The zero-order valence-corrected chi connectivity index (χ0v) is 17.0. The standard InChI is InChI=1S/C22H29N3O3/c1-15-5-7-18(25-11-9-24(3)10-12-25)14-19(15)22(27)23-16(2)17-6-8-20(26)21(13-17)28-4/h5-8,13-14,16,26H,9-12H2,1-4H3,(H,23,27). The second-order valence-corrected chi connectivity index (χ2v) is 7.42. The molecular weight excluding hydrogens is 354 g/mol. The lowest BCUT2D eigenvalue weighted by Gasteiger charge is -2.34. The molecule has 1 fully saturated rings. The Kier molecular flexibility index (Phi) is 6.09. The lowest BCUT2D eigenvalue weighted by atomic mass is 10.0. The number of hydrogen-bond acceptors (Lipinski definition) is 5. The molecule has 150 valence electrons. The fourth-order valence-corrected chi connectivity index (χ4v) is 3.44. The summed E-state index contributed by atoms with van der Waals surface area (Å²) in [4.78, 5) is 17.6. The quantitative estimate of drug-likeness (QED) is 0.831. The van der Waals surface area contributed by atoms with Crippen LogP contribution in [0.25, 0.3) is 0 Å². The van der Waals surface area contributed by atoms with Crippen LogP contribution in [0.5, 0.6) is 11.5 Å². The third-order valence-electron chi connectivity index (χ3n) is 5.39. The Labute approximate surface area is 166 Å². The minimum absolute atomic E-state index is 0.0838. The molecule has 6 heteroatoms. The lowest BCUT2D eigenvalue weighted by molar-refractivity contribution is 0.0939. The molecule has 1 unspecified atom stereocenters. The Hall–Kier alpha value is -2.73. The van der Waals surface area contributed by atoms with Gasteiger partial charge in [-0.3, -0.25) is 4.79 Å². The van der Waals surface area contributed by atoms with E-state index in [2.05, 4.69) is 28.2 Å². The number of carbonyl (C=O) groups is 1. The minimum Gasteiger partial charge on any atom is -0.504 e. The summed E-state index contributed by atoms with van der Waals surface area (Å²) in [5.74, 6) is 0.375. The Morgan fingerprint density at radius 3 is 2.54 bits per heavy atom. The molecule has 0 aliphatic carbocycles. The molecule has 6 nitrogen and oxygen atoms in total.